The summed E-state index contributed by atoms with van der Waals surface area (Å²) in [6, 6.07) is 5.46. The van der Waals surface area contributed by atoms with Crippen molar-refractivity contribution in [3.8, 4) is 5.75 Å². The van der Waals surface area contributed by atoms with Gasteiger partial charge >= 0.3 is 0 Å². The highest BCUT2D eigenvalue weighted by atomic mass is 35.5. The highest BCUT2D eigenvalue weighted by molar-refractivity contribution is 6.30. The molecule has 7 heteroatoms. The van der Waals surface area contributed by atoms with Gasteiger partial charge in [-0.15, -0.1) is 0 Å². The van der Waals surface area contributed by atoms with Gasteiger partial charge < -0.3 is 14.6 Å². The molecule has 0 radical (unpaired) electrons. The topological polar surface area (TPSA) is 77.2 Å². The van der Waals surface area contributed by atoms with E-state index in [0.29, 0.717) is 36.2 Å². The summed E-state index contributed by atoms with van der Waals surface area (Å²) in [7, 11) is 0. The molecule has 1 aliphatic heterocycles. The number of hydrogen-bond acceptors (Lipinski definition) is 5. The van der Waals surface area contributed by atoms with Crippen LogP contribution in [0.3, 0.4) is 0 Å². The van der Waals surface area contributed by atoms with E-state index in [9.17, 15) is 4.79 Å². The molecule has 0 spiro atoms. The number of benzene rings is 1. The van der Waals surface area contributed by atoms with E-state index >= 15 is 0 Å². The molecule has 0 fully saturated rings. The first kappa shape index (κ1) is 18.7. The minimum atomic E-state index is -0.171. The molecule has 6 nitrogen and oxygen atoms in total. The van der Waals surface area contributed by atoms with E-state index < -0.39 is 0 Å². The van der Waals surface area contributed by atoms with Crippen molar-refractivity contribution < 1.29 is 14.1 Å². The SMILES string of the molecule is CC(C)(C)c1noc(CCC(=O)N[C@@H]2CCCOc3cc(Cl)ccc32)n1. The van der Waals surface area contributed by atoms with E-state index in [1.54, 1.807) is 6.07 Å². The second-order valence-electron chi connectivity index (χ2n) is 7.55. The van der Waals surface area contributed by atoms with Crippen LogP contribution in [0.5, 0.6) is 5.75 Å². The number of fused-ring (bicyclic) bond motifs is 1. The van der Waals surface area contributed by atoms with E-state index in [1.807, 2.05) is 32.9 Å². The molecule has 1 aromatic carbocycles. The third-order valence-corrected chi connectivity index (χ3v) is 4.52. The van der Waals surface area contributed by atoms with Gasteiger partial charge in [-0.3, -0.25) is 4.79 Å². The van der Waals surface area contributed by atoms with E-state index in [-0.39, 0.29) is 17.4 Å². The quantitative estimate of drug-likeness (QED) is 0.871. The van der Waals surface area contributed by atoms with Crippen molar-refractivity contribution in [1.82, 2.24) is 15.5 Å². The number of nitrogens with one attached hydrogen (secondary N) is 1. The maximum Gasteiger partial charge on any atom is 0.227 e. The molecule has 0 bridgehead atoms. The molecule has 140 valence electrons. The van der Waals surface area contributed by atoms with Crippen molar-refractivity contribution in [1.29, 1.82) is 0 Å². The van der Waals surface area contributed by atoms with Gasteiger partial charge in [0.15, 0.2) is 5.82 Å². The first-order valence-corrected chi connectivity index (χ1v) is 9.25. The molecule has 1 aliphatic rings. The lowest BCUT2D eigenvalue weighted by Gasteiger charge is -2.18. The normalized spacial score (nSPS) is 17.2. The highest BCUT2D eigenvalue weighted by Gasteiger charge is 2.23. The first-order chi connectivity index (χ1) is 12.3. The van der Waals surface area contributed by atoms with Crippen LogP contribution in [0.15, 0.2) is 22.7 Å². The van der Waals surface area contributed by atoms with E-state index in [4.69, 9.17) is 20.9 Å². The number of carbonyl (C=O) groups is 1. The number of ether oxygens (including phenoxy) is 1. The average molecular weight is 378 g/mol. The fourth-order valence-corrected chi connectivity index (χ4v) is 3.01. The summed E-state index contributed by atoms with van der Waals surface area (Å²) in [6.07, 6.45) is 2.42. The van der Waals surface area contributed by atoms with Crippen molar-refractivity contribution in [2.75, 3.05) is 6.61 Å². The summed E-state index contributed by atoms with van der Waals surface area (Å²) in [5.41, 5.74) is 0.795. The van der Waals surface area contributed by atoms with Gasteiger partial charge in [0.05, 0.1) is 12.6 Å². The van der Waals surface area contributed by atoms with Gasteiger partial charge in [-0.05, 0) is 25.0 Å². The minimum absolute atomic E-state index is 0.0479. The van der Waals surface area contributed by atoms with Gasteiger partial charge in [-0.25, -0.2) is 0 Å². The Morgan fingerprint density at radius 2 is 2.19 bits per heavy atom. The number of amides is 1. The summed E-state index contributed by atoms with van der Waals surface area (Å²) in [4.78, 5) is 16.8. The summed E-state index contributed by atoms with van der Waals surface area (Å²) in [6.45, 7) is 6.68. The van der Waals surface area contributed by atoms with Crippen LogP contribution >= 0.6 is 11.6 Å². The van der Waals surface area contributed by atoms with Crippen molar-refractivity contribution in [2.24, 2.45) is 0 Å². The fourth-order valence-electron chi connectivity index (χ4n) is 2.84. The van der Waals surface area contributed by atoms with Crippen molar-refractivity contribution in [3.05, 3.63) is 40.5 Å². The van der Waals surface area contributed by atoms with Gasteiger partial charge in [0.25, 0.3) is 0 Å². The molecule has 0 aliphatic carbocycles. The number of hydrogen-bond donors (Lipinski definition) is 1. The van der Waals surface area contributed by atoms with Crippen LogP contribution in [0, 0.1) is 0 Å². The molecule has 1 N–H and O–H groups in total. The highest BCUT2D eigenvalue weighted by Crippen LogP contribution is 2.33. The van der Waals surface area contributed by atoms with Gasteiger partial charge in [-0.2, -0.15) is 4.98 Å². The largest absolute Gasteiger partial charge is 0.493 e. The first-order valence-electron chi connectivity index (χ1n) is 8.87. The molecular weight excluding hydrogens is 354 g/mol. The van der Waals surface area contributed by atoms with Crippen LogP contribution < -0.4 is 10.1 Å². The Bertz CT molecular complexity index is 783. The molecule has 3 rings (SSSR count). The maximum absolute atomic E-state index is 12.4. The number of carbonyl (C=O) groups excluding carboxylic acids is 1. The van der Waals surface area contributed by atoms with Crippen LogP contribution in [0.4, 0.5) is 0 Å². The summed E-state index contributed by atoms with van der Waals surface area (Å²) in [5.74, 6) is 1.83. The molecule has 1 aromatic heterocycles. The van der Waals surface area contributed by atoms with E-state index in [1.165, 1.54) is 0 Å². The monoisotopic (exact) mass is 377 g/mol. The van der Waals surface area contributed by atoms with Crippen LogP contribution in [0.25, 0.3) is 0 Å². The molecule has 26 heavy (non-hydrogen) atoms. The zero-order valence-electron chi connectivity index (χ0n) is 15.3. The second-order valence-corrected chi connectivity index (χ2v) is 7.99. The smallest absolute Gasteiger partial charge is 0.227 e. The van der Waals surface area contributed by atoms with Crippen molar-refractivity contribution >= 4 is 17.5 Å². The lowest BCUT2D eigenvalue weighted by Crippen LogP contribution is -2.28. The predicted octanol–water partition coefficient (Wildman–Crippen LogP) is 3.98. The number of rotatable bonds is 4. The molecule has 0 saturated heterocycles. The third kappa shape index (κ3) is 4.55. The van der Waals surface area contributed by atoms with Crippen LogP contribution in [-0.2, 0) is 16.6 Å². The molecule has 2 heterocycles. The zero-order chi connectivity index (χ0) is 18.7. The standard InChI is InChI=1S/C19H24ClN3O3/c1-19(2,3)18-22-17(26-23-18)9-8-16(24)21-14-5-4-10-25-15-11-12(20)6-7-13(14)15/h6-7,11,14H,4-5,8-10H2,1-3H3,(H,21,24)/t14-/m1/s1. The molecule has 2 aromatic rings. The predicted molar refractivity (Wildman–Crippen MR) is 98.4 cm³/mol. The van der Waals surface area contributed by atoms with Gasteiger partial charge in [0.2, 0.25) is 11.8 Å². The summed E-state index contributed by atoms with van der Waals surface area (Å²) >= 11 is 6.04. The lowest BCUT2D eigenvalue weighted by atomic mass is 9.96. The number of halogens is 1. The third-order valence-electron chi connectivity index (χ3n) is 4.29. The Balaban J connectivity index is 1.61. The average Bonchev–Trinajstić information content (AvgIpc) is 2.97. The second kappa shape index (κ2) is 7.66. The van der Waals surface area contributed by atoms with E-state index in [0.717, 1.165) is 24.2 Å². The number of nitrogens with zero attached hydrogens (tertiary/aromatic N) is 2. The molecule has 0 saturated carbocycles. The minimum Gasteiger partial charge on any atom is -0.493 e. The zero-order valence-corrected chi connectivity index (χ0v) is 16.1. The van der Waals surface area contributed by atoms with E-state index in [2.05, 4.69) is 15.5 Å². The summed E-state index contributed by atoms with van der Waals surface area (Å²) < 4.78 is 11.0. The van der Waals surface area contributed by atoms with Crippen LogP contribution in [-0.4, -0.2) is 22.7 Å². The lowest BCUT2D eigenvalue weighted by molar-refractivity contribution is -0.121. The Morgan fingerprint density at radius 1 is 1.38 bits per heavy atom. The van der Waals surface area contributed by atoms with Crippen LogP contribution in [0.2, 0.25) is 5.02 Å². The molecule has 1 amide bonds. The maximum atomic E-state index is 12.4. The molecular formula is C19H24ClN3O3. The van der Waals surface area contributed by atoms with Gasteiger partial charge in [0, 0.05) is 28.8 Å². The molecule has 0 unspecified atom stereocenters. The molecule has 1 atom stereocenters. The number of aryl methyl sites for hydroxylation is 1. The van der Waals surface area contributed by atoms with Crippen LogP contribution in [0.1, 0.15) is 63.4 Å². The van der Waals surface area contributed by atoms with Crippen molar-refractivity contribution in [2.45, 2.75) is 57.9 Å². The fraction of sp³-hybridized carbons (Fsp3) is 0.526. The Hall–Kier alpha value is -2.08. The van der Waals surface area contributed by atoms with Crippen molar-refractivity contribution in [3.63, 3.8) is 0 Å². The Kier molecular flexibility index (Phi) is 5.51. The Morgan fingerprint density at radius 3 is 2.92 bits per heavy atom. The van der Waals surface area contributed by atoms with Gasteiger partial charge in [0.1, 0.15) is 5.75 Å². The van der Waals surface area contributed by atoms with Gasteiger partial charge in [-0.1, -0.05) is 43.6 Å². The summed E-state index contributed by atoms with van der Waals surface area (Å²) in [5, 5.41) is 7.70. The number of aromatic nitrogens is 2. The Labute approximate surface area is 158 Å².